The number of para-hydroxylation sites is 4. The molecule has 0 N–H and O–H groups in total. The van der Waals surface area contributed by atoms with Crippen molar-refractivity contribution in [2.24, 2.45) is 0 Å². The van der Waals surface area contributed by atoms with Crippen LogP contribution in [0.3, 0.4) is 0 Å². The van der Waals surface area contributed by atoms with Crippen LogP contribution in [-0.2, 0) is 0 Å². The van der Waals surface area contributed by atoms with Crippen LogP contribution in [0.4, 0.5) is 0 Å². The second kappa shape index (κ2) is 9.38. The van der Waals surface area contributed by atoms with Gasteiger partial charge in [0, 0.05) is 32.6 Å². The van der Waals surface area contributed by atoms with E-state index in [1.807, 2.05) is 30.3 Å². The molecule has 9 aromatic rings. The van der Waals surface area contributed by atoms with Gasteiger partial charge in [0.2, 0.25) is 5.95 Å². The van der Waals surface area contributed by atoms with Crippen LogP contribution in [0.25, 0.3) is 77.3 Å². The Balaban J connectivity index is 1.26. The van der Waals surface area contributed by atoms with Crippen molar-refractivity contribution < 1.29 is 0 Å². The zero-order valence-electron chi connectivity index (χ0n) is 23.5. The van der Waals surface area contributed by atoms with Crippen LogP contribution < -0.4 is 0 Å². The van der Waals surface area contributed by atoms with Gasteiger partial charge in [0.1, 0.15) is 6.07 Å². The maximum absolute atomic E-state index is 9.90. The lowest BCUT2D eigenvalue weighted by Gasteiger charge is -2.09. The minimum atomic E-state index is 0.371. The first kappa shape index (κ1) is 24.4. The Labute approximate surface area is 252 Å². The molecule has 6 aromatic carbocycles. The van der Waals surface area contributed by atoms with E-state index in [2.05, 4.69) is 124 Å². The van der Waals surface area contributed by atoms with Crippen LogP contribution in [0.1, 0.15) is 5.69 Å². The smallest absolute Gasteiger partial charge is 0.236 e. The third kappa shape index (κ3) is 3.52. The van der Waals surface area contributed by atoms with Crippen molar-refractivity contribution in [3.63, 3.8) is 0 Å². The molecule has 0 aliphatic rings. The molecule has 5 heteroatoms. The molecule has 3 heterocycles. The lowest BCUT2D eigenvalue weighted by molar-refractivity contribution is 1.00. The van der Waals surface area contributed by atoms with Crippen LogP contribution in [0.15, 0.2) is 140 Å². The number of nitrogens with zero attached hydrogens (tertiary/aromatic N) is 5. The van der Waals surface area contributed by atoms with E-state index in [0.29, 0.717) is 11.6 Å². The van der Waals surface area contributed by atoms with Crippen LogP contribution in [0.5, 0.6) is 0 Å². The van der Waals surface area contributed by atoms with Crippen LogP contribution >= 0.6 is 0 Å². The molecule has 0 atom stereocenters. The fraction of sp³-hybridized carbons (Fsp3) is 0. The molecule has 0 aliphatic carbocycles. The number of benzene rings is 6. The lowest BCUT2D eigenvalue weighted by Crippen LogP contribution is -2.03. The standard InChI is InChI=1S/C39H23N5/c40-24-34-30-14-4-7-15-33(30)41-39(42-34)44-36-17-9-6-13-29(36)32-23-26(19-21-38(32)44)25-18-20-37-31(22-25)28-12-5-8-16-35(28)43(37)27-10-2-1-3-11-27/h1-23H. The van der Waals surface area contributed by atoms with Gasteiger partial charge in [-0.3, -0.25) is 4.57 Å². The summed E-state index contributed by atoms with van der Waals surface area (Å²) in [6.07, 6.45) is 0. The Bertz CT molecular complexity index is 2620. The number of hydrogen-bond donors (Lipinski definition) is 0. The summed E-state index contributed by atoms with van der Waals surface area (Å²) in [4.78, 5) is 9.62. The molecular formula is C39H23N5. The van der Waals surface area contributed by atoms with Gasteiger partial charge in [-0.15, -0.1) is 0 Å². The molecule has 3 aromatic heterocycles. The molecule has 204 valence electrons. The molecule has 0 fully saturated rings. The Morgan fingerprint density at radius 2 is 0.977 bits per heavy atom. The van der Waals surface area contributed by atoms with Crippen LogP contribution in [-0.4, -0.2) is 19.1 Å². The molecule has 0 amide bonds. The fourth-order valence-corrected chi connectivity index (χ4v) is 6.63. The summed E-state index contributed by atoms with van der Waals surface area (Å²) in [7, 11) is 0. The van der Waals surface area contributed by atoms with Crippen molar-refractivity contribution in [1.29, 1.82) is 5.26 Å². The van der Waals surface area contributed by atoms with E-state index in [0.717, 1.165) is 49.5 Å². The number of rotatable bonds is 3. The van der Waals surface area contributed by atoms with Gasteiger partial charge in [0.05, 0.1) is 27.6 Å². The first-order chi connectivity index (χ1) is 21.8. The molecule has 9 rings (SSSR count). The van der Waals surface area contributed by atoms with Crippen molar-refractivity contribution in [2.45, 2.75) is 0 Å². The van der Waals surface area contributed by atoms with Crippen molar-refractivity contribution in [1.82, 2.24) is 19.1 Å². The third-order valence-electron chi connectivity index (χ3n) is 8.59. The van der Waals surface area contributed by atoms with E-state index in [9.17, 15) is 5.26 Å². The van der Waals surface area contributed by atoms with E-state index in [1.165, 1.54) is 21.8 Å². The highest BCUT2D eigenvalue weighted by Crippen LogP contribution is 2.38. The quantitative estimate of drug-likeness (QED) is 0.216. The Kier molecular flexibility index (Phi) is 5.19. The largest absolute Gasteiger partial charge is 0.309 e. The highest BCUT2D eigenvalue weighted by molar-refractivity contribution is 6.12. The molecule has 0 radical (unpaired) electrons. The third-order valence-corrected chi connectivity index (χ3v) is 8.59. The van der Waals surface area contributed by atoms with Gasteiger partial charge in [0.25, 0.3) is 0 Å². The lowest BCUT2D eigenvalue weighted by atomic mass is 10.0. The maximum Gasteiger partial charge on any atom is 0.236 e. The predicted molar refractivity (Wildman–Crippen MR) is 178 cm³/mol. The monoisotopic (exact) mass is 561 g/mol. The van der Waals surface area contributed by atoms with Crippen LogP contribution in [0.2, 0.25) is 0 Å². The highest BCUT2D eigenvalue weighted by atomic mass is 15.2. The summed E-state index contributed by atoms with van der Waals surface area (Å²) >= 11 is 0. The van der Waals surface area contributed by atoms with Gasteiger partial charge in [-0.2, -0.15) is 5.26 Å². The van der Waals surface area contributed by atoms with Gasteiger partial charge in [0.15, 0.2) is 5.69 Å². The summed E-state index contributed by atoms with van der Waals surface area (Å²) in [5, 5.41) is 15.3. The first-order valence-corrected chi connectivity index (χ1v) is 14.6. The summed E-state index contributed by atoms with van der Waals surface area (Å²) < 4.78 is 4.41. The Morgan fingerprint density at radius 1 is 0.455 bits per heavy atom. The van der Waals surface area contributed by atoms with Crippen molar-refractivity contribution in [2.75, 3.05) is 0 Å². The normalized spacial score (nSPS) is 11.6. The average Bonchev–Trinajstić information content (AvgIpc) is 3.60. The minimum Gasteiger partial charge on any atom is -0.309 e. The number of fused-ring (bicyclic) bond motifs is 7. The Hall–Kier alpha value is -6.25. The number of aromatic nitrogens is 4. The molecular weight excluding hydrogens is 538 g/mol. The van der Waals surface area contributed by atoms with Crippen molar-refractivity contribution in [3.05, 3.63) is 145 Å². The molecule has 0 unspecified atom stereocenters. The van der Waals surface area contributed by atoms with Crippen molar-refractivity contribution in [3.8, 4) is 28.8 Å². The van der Waals surface area contributed by atoms with E-state index >= 15 is 0 Å². The summed E-state index contributed by atoms with van der Waals surface area (Å²) in [5.41, 5.74) is 8.93. The van der Waals surface area contributed by atoms with E-state index in [-0.39, 0.29) is 0 Å². The summed E-state index contributed by atoms with van der Waals surface area (Å²) in [5.74, 6) is 0.495. The molecule has 0 aliphatic heterocycles. The van der Waals surface area contributed by atoms with E-state index in [1.54, 1.807) is 0 Å². The highest BCUT2D eigenvalue weighted by Gasteiger charge is 2.18. The zero-order valence-corrected chi connectivity index (χ0v) is 23.5. The van der Waals surface area contributed by atoms with Gasteiger partial charge in [-0.25, -0.2) is 9.97 Å². The second-order valence-electron chi connectivity index (χ2n) is 11.0. The van der Waals surface area contributed by atoms with E-state index in [4.69, 9.17) is 9.97 Å². The van der Waals surface area contributed by atoms with Gasteiger partial charge in [-0.1, -0.05) is 78.9 Å². The topological polar surface area (TPSA) is 59.4 Å². The van der Waals surface area contributed by atoms with Crippen molar-refractivity contribution >= 4 is 54.5 Å². The predicted octanol–water partition coefficient (Wildman–Crippen LogP) is 9.36. The van der Waals surface area contributed by atoms with Gasteiger partial charge in [-0.05, 0) is 71.8 Å². The molecule has 5 nitrogen and oxygen atoms in total. The molecule has 44 heavy (non-hydrogen) atoms. The second-order valence-corrected chi connectivity index (χ2v) is 11.0. The number of nitriles is 1. The first-order valence-electron chi connectivity index (χ1n) is 14.6. The van der Waals surface area contributed by atoms with Gasteiger partial charge < -0.3 is 4.57 Å². The Morgan fingerprint density at radius 3 is 1.64 bits per heavy atom. The number of hydrogen-bond acceptors (Lipinski definition) is 3. The van der Waals surface area contributed by atoms with E-state index < -0.39 is 0 Å². The maximum atomic E-state index is 9.90. The van der Waals surface area contributed by atoms with Gasteiger partial charge >= 0.3 is 0 Å². The SMILES string of the molecule is N#Cc1nc(-n2c3ccccc3c3cc(-c4ccc5c(c4)c4ccccc4n5-c4ccccc4)ccc32)nc2ccccc12. The summed E-state index contributed by atoms with van der Waals surface area (Å²) in [6.45, 7) is 0. The van der Waals surface area contributed by atoms with Crippen LogP contribution in [0, 0.1) is 11.3 Å². The summed E-state index contributed by atoms with van der Waals surface area (Å²) in [6, 6.07) is 50.7. The molecule has 0 bridgehead atoms. The molecule has 0 saturated carbocycles. The fourth-order valence-electron chi connectivity index (χ4n) is 6.63. The molecule has 0 spiro atoms. The zero-order chi connectivity index (χ0) is 29.2. The minimum absolute atomic E-state index is 0.371. The average molecular weight is 562 g/mol. The molecule has 0 saturated heterocycles.